The molecule has 1 aromatic rings. The van der Waals surface area contributed by atoms with Crippen LogP contribution in [0, 0.1) is 5.92 Å². The summed E-state index contributed by atoms with van der Waals surface area (Å²) in [6.45, 7) is 3.11. The summed E-state index contributed by atoms with van der Waals surface area (Å²) in [7, 11) is 0. The zero-order chi connectivity index (χ0) is 15.1. The van der Waals surface area contributed by atoms with Crippen molar-refractivity contribution in [3.05, 3.63) is 29.3 Å². The van der Waals surface area contributed by atoms with E-state index < -0.39 is 0 Å². The number of carbonyl (C=O) groups excluding carboxylic acids is 2. The van der Waals surface area contributed by atoms with Crippen LogP contribution >= 0.6 is 0 Å². The molecule has 2 saturated heterocycles. The first-order chi connectivity index (χ1) is 10.7. The van der Waals surface area contributed by atoms with Crippen molar-refractivity contribution >= 4 is 17.6 Å². The topological polar surface area (TPSA) is 73.5 Å². The second kappa shape index (κ2) is 5.28. The van der Waals surface area contributed by atoms with E-state index in [1.54, 1.807) is 0 Å². The van der Waals surface area contributed by atoms with Gasteiger partial charge in [-0.2, -0.15) is 0 Å². The predicted molar refractivity (Wildman–Crippen MR) is 82.2 cm³/mol. The van der Waals surface area contributed by atoms with Crippen LogP contribution in [0.1, 0.15) is 24.0 Å². The molecule has 3 heterocycles. The van der Waals surface area contributed by atoms with E-state index in [4.69, 9.17) is 0 Å². The lowest BCUT2D eigenvalue weighted by atomic mass is 9.93. The van der Waals surface area contributed by atoms with E-state index in [0.29, 0.717) is 19.5 Å². The van der Waals surface area contributed by atoms with Gasteiger partial charge in [0.05, 0.1) is 0 Å². The molecule has 116 valence electrons. The van der Waals surface area contributed by atoms with Gasteiger partial charge in [-0.3, -0.25) is 4.79 Å². The Morgan fingerprint density at radius 1 is 1.27 bits per heavy atom. The molecule has 0 radical (unpaired) electrons. The number of urea groups is 1. The highest BCUT2D eigenvalue weighted by Gasteiger charge is 2.38. The lowest BCUT2D eigenvalue weighted by Gasteiger charge is -2.34. The van der Waals surface area contributed by atoms with Gasteiger partial charge >= 0.3 is 6.03 Å². The average Bonchev–Trinajstić information content (AvgIpc) is 3.10. The maximum atomic E-state index is 12.4. The zero-order valence-corrected chi connectivity index (χ0v) is 12.4. The van der Waals surface area contributed by atoms with Crippen LogP contribution in [0.4, 0.5) is 10.5 Å². The van der Waals surface area contributed by atoms with Gasteiger partial charge in [-0.1, -0.05) is 6.07 Å². The molecule has 0 spiro atoms. The first-order valence-electron chi connectivity index (χ1n) is 7.87. The highest BCUT2D eigenvalue weighted by atomic mass is 16.2. The number of likely N-dealkylation sites (tertiary alicyclic amines) is 1. The second-order valence-corrected chi connectivity index (χ2v) is 6.39. The van der Waals surface area contributed by atoms with Gasteiger partial charge in [0.15, 0.2) is 0 Å². The van der Waals surface area contributed by atoms with Gasteiger partial charge in [0.1, 0.15) is 0 Å². The minimum Gasteiger partial charge on any atom is -0.353 e. The van der Waals surface area contributed by atoms with Crippen molar-refractivity contribution in [3.63, 3.8) is 0 Å². The van der Waals surface area contributed by atoms with Crippen molar-refractivity contribution in [1.82, 2.24) is 15.5 Å². The third-order valence-corrected chi connectivity index (χ3v) is 4.90. The average molecular weight is 300 g/mol. The molecule has 0 aliphatic carbocycles. The largest absolute Gasteiger partial charge is 0.353 e. The fourth-order valence-electron chi connectivity index (χ4n) is 3.69. The van der Waals surface area contributed by atoms with Crippen molar-refractivity contribution in [2.75, 3.05) is 18.4 Å². The number of nitrogens with one attached hydrogen (secondary N) is 3. The van der Waals surface area contributed by atoms with Crippen LogP contribution in [-0.2, 0) is 17.9 Å². The van der Waals surface area contributed by atoms with Gasteiger partial charge in [0, 0.05) is 50.2 Å². The molecule has 6 heteroatoms. The van der Waals surface area contributed by atoms with Crippen LogP contribution in [0.15, 0.2) is 18.2 Å². The Kier molecular flexibility index (Phi) is 3.26. The predicted octanol–water partition coefficient (Wildman–Crippen LogP) is 1.03. The molecule has 4 rings (SSSR count). The molecule has 2 fully saturated rings. The molecule has 3 N–H and O–H groups in total. The SMILES string of the molecule is O=C1C[C@H]2CN(C(=O)Nc3ccc4c(c3)CNC4)CC[C@H]2N1. The normalized spacial score (nSPS) is 26.4. The summed E-state index contributed by atoms with van der Waals surface area (Å²) in [4.78, 5) is 25.7. The molecule has 2 atom stereocenters. The van der Waals surface area contributed by atoms with Crippen LogP contribution in [0.3, 0.4) is 0 Å². The van der Waals surface area contributed by atoms with E-state index in [1.807, 2.05) is 17.0 Å². The molecule has 0 saturated carbocycles. The van der Waals surface area contributed by atoms with E-state index in [-0.39, 0.29) is 23.9 Å². The Bertz CT molecular complexity index is 631. The Morgan fingerprint density at radius 3 is 3.05 bits per heavy atom. The van der Waals surface area contributed by atoms with Gasteiger partial charge in [0.2, 0.25) is 5.91 Å². The Hall–Kier alpha value is -2.08. The molecular formula is C16H20N4O2. The smallest absolute Gasteiger partial charge is 0.321 e. The number of carbonyl (C=O) groups is 2. The minimum absolute atomic E-state index is 0.0660. The van der Waals surface area contributed by atoms with Crippen molar-refractivity contribution in [3.8, 4) is 0 Å². The maximum Gasteiger partial charge on any atom is 0.321 e. The number of hydrogen-bond donors (Lipinski definition) is 3. The van der Waals surface area contributed by atoms with Crippen LogP contribution in [-0.4, -0.2) is 36.0 Å². The lowest BCUT2D eigenvalue weighted by molar-refractivity contribution is -0.119. The van der Waals surface area contributed by atoms with Gasteiger partial charge in [-0.25, -0.2) is 4.79 Å². The van der Waals surface area contributed by atoms with Crippen molar-refractivity contribution in [2.45, 2.75) is 32.0 Å². The van der Waals surface area contributed by atoms with Gasteiger partial charge in [0.25, 0.3) is 0 Å². The summed E-state index contributed by atoms with van der Waals surface area (Å²) in [6.07, 6.45) is 1.39. The molecule has 22 heavy (non-hydrogen) atoms. The third-order valence-electron chi connectivity index (χ3n) is 4.90. The molecule has 0 unspecified atom stereocenters. The highest BCUT2D eigenvalue weighted by molar-refractivity contribution is 5.89. The minimum atomic E-state index is -0.0660. The van der Waals surface area contributed by atoms with Crippen LogP contribution in [0.5, 0.6) is 0 Å². The van der Waals surface area contributed by atoms with Crippen molar-refractivity contribution in [1.29, 1.82) is 0 Å². The maximum absolute atomic E-state index is 12.4. The summed E-state index contributed by atoms with van der Waals surface area (Å²) in [5.74, 6) is 0.375. The number of benzene rings is 1. The number of piperidine rings is 1. The van der Waals surface area contributed by atoms with Crippen molar-refractivity contribution in [2.24, 2.45) is 5.92 Å². The molecule has 1 aromatic carbocycles. The molecule has 0 bridgehead atoms. The fourth-order valence-corrected chi connectivity index (χ4v) is 3.69. The van der Waals surface area contributed by atoms with Crippen molar-refractivity contribution < 1.29 is 9.59 Å². The molecule has 0 aromatic heterocycles. The Balaban J connectivity index is 1.41. The molecular weight excluding hydrogens is 280 g/mol. The third kappa shape index (κ3) is 2.43. The lowest BCUT2D eigenvalue weighted by Crippen LogP contribution is -2.48. The summed E-state index contributed by atoms with van der Waals surface area (Å²) in [5, 5.41) is 9.27. The Labute approximate surface area is 129 Å². The van der Waals surface area contributed by atoms with Gasteiger partial charge < -0.3 is 20.9 Å². The standard InChI is InChI=1S/C16H20N4O2/c21-15-6-12-9-20(4-3-14(12)19-15)16(22)18-13-2-1-10-7-17-8-11(10)5-13/h1-2,5,12,14,17H,3-4,6-9H2,(H,18,22)(H,19,21)/t12-,14+/m0/s1. The molecule has 6 nitrogen and oxygen atoms in total. The fraction of sp³-hybridized carbons (Fsp3) is 0.500. The van der Waals surface area contributed by atoms with Crippen LogP contribution in [0.25, 0.3) is 0 Å². The number of amides is 3. The molecule has 3 aliphatic heterocycles. The van der Waals surface area contributed by atoms with Crippen LogP contribution in [0.2, 0.25) is 0 Å². The number of rotatable bonds is 1. The Morgan fingerprint density at radius 2 is 2.14 bits per heavy atom. The zero-order valence-electron chi connectivity index (χ0n) is 12.4. The van der Waals surface area contributed by atoms with Crippen LogP contribution < -0.4 is 16.0 Å². The summed E-state index contributed by atoms with van der Waals surface area (Å²) in [6, 6.07) is 6.25. The van der Waals surface area contributed by atoms with E-state index in [9.17, 15) is 9.59 Å². The van der Waals surface area contributed by atoms with E-state index in [0.717, 1.165) is 25.2 Å². The van der Waals surface area contributed by atoms with Gasteiger partial charge in [-0.05, 0) is 29.7 Å². The quantitative estimate of drug-likeness (QED) is 0.725. The first kappa shape index (κ1) is 13.6. The molecule has 3 amide bonds. The second-order valence-electron chi connectivity index (χ2n) is 6.39. The first-order valence-corrected chi connectivity index (χ1v) is 7.87. The highest BCUT2D eigenvalue weighted by Crippen LogP contribution is 2.26. The number of anilines is 1. The number of fused-ring (bicyclic) bond motifs is 2. The van der Waals surface area contributed by atoms with E-state index >= 15 is 0 Å². The monoisotopic (exact) mass is 300 g/mol. The number of nitrogens with zero attached hydrogens (tertiary/aromatic N) is 1. The molecule has 3 aliphatic rings. The van der Waals surface area contributed by atoms with Gasteiger partial charge in [-0.15, -0.1) is 0 Å². The summed E-state index contributed by atoms with van der Waals surface area (Å²) < 4.78 is 0. The van der Waals surface area contributed by atoms with E-state index in [2.05, 4.69) is 22.0 Å². The number of hydrogen-bond acceptors (Lipinski definition) is 3. The summed E-state index contributed by atoms with van der Waals surface area (Å²) in [5.41, 5.74) is 3.40. The van der Waals surface area contributed by atoms with E-state index in [1.165, 1.54) is 11.1 Å². The summed E-state index contributed by atoms with van der Waals surface area (Å²) >= 11 is 0.